The van der Waals surface area contributed by atoms with Gasteiger partial charge in [-0.05, 0) is 48.4 Å². The van der Waals surface area contributed by atoms with Gasteiger partial charge in [-0.25, -0.2) is 9.07 Å². The van der Waals surface area contributed by atoms with Crippen molar-refractivity contribution < 1.29 is 14.0 Å². The highest BCUT2D eigenvalue weighted by Crippen LogP contribution is 2.48. The minimum Gasteiger partial charge on any atom is -0.349 e. The molecule has 1 atom stereocenters. The number of aryl methyl sites for hydroxylation is 1. The maximum Gasteiger partial charge on any atom is 0.240 e. The second-order valence-corrected chi connectivity index (χ2v) is 12.0. The lowest BCUT2D eigenvalue weighted by atomic mass is 9.87. The zero-order valence-electron chi connectivity index (χ0n) is 23.0. The number of rotatable bonds is 6. The average molecular weight is 558 g/mol. The van der Waals surface area contributed by atoms with E-state index in [1.807, 2.05) is 55.5 Å². The molecule has 0 saturated carbocycles. The van der Waals surface area contributed by atoms with Crippen molar-refractivity contribution in [2.45, 2.75) is 44.9 Å². The Morgan fingerprint density at radius 3 is 2.58 bits per heavy atom. The highest BCUT2D eigenvalue weighted by molar-refractivity contribution is 8.00. The Bertz CT molecular complexity index is 1550. The highest BCUT2D eigenvalue weighted by atomic mass is 32.2. The standard InChI is InChI=1S/C31H32FN5O2S/c1-20-10-5-6-14-24(20)37-30-27(29(35-37)31(2,3)4)28(21-11-9-12-22(32)16-21)40-19-26(39)36(30)18-25(38)34-17-23-13-7-8-15-33-23/h5-16,28H,17-19H2,1-4H3,(H,34,38)/t28-/m1/s1. The summed E-state index contributed by atoms with van der Waals surface area (Å²) in [6.07, 6.45) is 1.67. The number of para-hydroxylation sites is 1. The Morgan fingerprint density at radius 1 is 1.10 bits per heavy atom. The molecule has 2 amide bonds. The fourth-order valence-electron chi connectivity index (χ4n) is 4.87. The lowest BCUT2D eigenvalue weighted by Gasteiger charge is -2.24. The van der Waals surface area contributed by atoms with Gasteiger partial charge in [0.1, 0.15) is 18.2 Å². The first-order valence-electron chi connectivity index (χ1n) is 13.2. The van der Waals surface area contributed by atoms with Crippen LogP contribution >= 0.6 is 11.8 Å². The van der Waals surface area contributed by atoms with Gasteiger partial charge in [-0.3, -0.25) is 19.5 Å². The minimum atomic E-state index is -0.398. The first-order chi connectivity index (χ1) is 19.1. The van der Waals surface area contributed by atoms with Gasteiger partial charge >= 0.3 is 0 Å². The van der Waals surface area contributed by atoms with E-state index in [0.717, 1.165) is 33.8 Å². The molecular formula is C31H32FN5O2S. The van der Waals surface area contributed by atoms with Crippen LogP contribution in [0.3, 0.4) is 0 Å². The number of hydrogen-bond acceptors (Lipinski definition) is 5. The average Bonchev–Trinajstić information content (AvgIpc) is 3.26. The third-order valence-electron chi connectivity index (χ3n) is 6.79. The van der Waals surface area contributed by atoms with E-state index in [1.54, 1.807) is 16.9 Å². The van der Waals surface area contributed by atoms with Crippen LogP contribution in [0.2, 0.25) is 0 Å². The Balaban J connectivity index is 1.67. The Kier molecular flexibility index (Phi) is 7.76. The molecule has 0 spiro atoms. The molecule has 9 heteroatoms. The Hall–Kier alpha value is -3.98. The van der Waals surface area contributed by atoms with Crippen molar-refractivity contribution in [1.29, 1.82) is 0 Å². The molecule has 4 aromatic rings. The molecule has 40 heavy (non-hydrogen) atoms. The minimum absolute atomic E-state index is 0.126. The van der Waals surface area contributed by atoms with Crippen molar-refractivity contribution in [3.63, 3.8) is 0 Å². The molecule has 1 N–H and O–H groups in total. The first-order valence-corrected chi connectivity index (χ1v) is 14.2. The third kappa shape index (κ3) is 5.65. The first kappa shape index (κ1) is 27.6. The Labute approximate surface area is 237 Å². The lowest BCUT2D eigenvalue weighted by Crippen LogP contribution is -2.42. The third-order valence-corrected chi connectivity index (χ3v) is 8.04. The topological polar surface area (TPSA) is 80.1 Å². The van der Waals surface area contributed by atoms with Crippen LogP contribution in [0.4, 0.5) is 10.2 Å². The summed E-state index contributed by atoms with van der Waals surface area (Å²) < 4.78 is 16.2. The van der Waals surface area contributed by atoms with Crippen LogP contribution < -0.4 is 10.2 Å². The summed E-state index contributed by atoms with van der Waals surface area (Å²) in [6.45, 7) is 8.27. The molecule has 0 radical (unpaired) electrons. The number of halogens is 1. The summed E-state index contributed by atoms with van der Waals surface area (Å²) in [6, 6.07) is 19.8. The molecule has 1 aliphatic rings. The molecular weight excluding hydrogens is 525 g/mol. The van der Waals surface area contributed by atoms with Gasteiger partial charge < -0.3 is 5.32 Å². The number of carbonyl (C=O) groups excluding carboxylic acids is 2. The number of pyridine rings is 1. The van der Waals surface area contributed by atoms with E-state index in [9.17, 15) is 14.0 Å². The molecule has 7 nitrogen and oxygen atoms in total. The smallest absolute Gasteiger partial charge is 0.240 e. The molecule has 206 valence electrons. The van der Waals surface area contributed by atoms with Crippen LogP contribution in [0.5, 0.6) is 0 Å². The van der Waals surface area contributed by atoms with Crippen LogP contribution in [-0.4, -0.2) is 38.9 Å². The second-order valence-electron chi connectivity index (χ2n) is 10.9. The van der Waals surface area contributed by atoms with Gasteiger partial charge in [0.15, 0.2) is 0 Å². The number of amides is 2. The van der Waals surface area contributed by atoms with E-state index in [-0.39, 0.29) is 41.7 Å². The van der Waals surface area contributed by atoms with Crippen LogP contribution in [0.1, 0.15) is 54.1 Å². The zero-order chi connectivity index (χ0) is 28.4. The molecule has 0 aliphatic carbocycles. The molecule has 0 saturated heterocycles. The second kappa shape index (κ2) is 11.3. The predicted octanol–water partition coefficient (Wildman–Crippen LogP) is 5.50. The van der Waals surface area contributed by atoms with E-state index in [1.165, 1.54) is 28.8 Å². The summed E-state index contributed by atoms with van der Waals surface area (Å²) in [4.78, 5) is 32.8. The lowest BCUT2D eigenvalue weighted by molar-refractivity contribution is -0.123. The monoisotopic (exact) mass is 557 g/mol. The van der Waals surface area contributed by atoms with Crippen molar-refractivity contribution in [2.75, 3.05) is 17.2 Å². The van der Waals surface area contributed by atoms with Crippen molar-refractivity contribution in [3.05, 3.63) is 107 Å². The number of nitrogens with zero attached hydrogens (tertiary/aromatic N) is 4. The van der Waals surface area contributed by atoms with Crippen molar-refractivity contribution >= 4 is 29.4 Å². The van der Waals surface area contributed by atoms with Crippen LogP contribution in [-0.2, 0) is 21.5 Å². The summed E-state index contributed by atoms with van der Waals surface area (Å²) in [5, 5.41) is 7.63. The molecule has 5 rings (SSSR count). The van der Waals surface area contributed by atoms with Crippen molar-refractivity contribution in [2.24, 2.45) is 0 Å². The van der Waals surface area contributed by atoms with E-state index in [0.29, 0.717) is 5.82 Å². The summed E-state index contributed by atoms with van der Waals surface area (Å²) in [5.74, 6) is -0.204. The van der Waals surface area contributed by atoms with Crippen LogP contribution in [0, 0.1) is 12.7 Å². The van der Waals surface area contributed by atoms with Crippen molar-refractivity contribution in [3.8, 4) is 5.69 Å². The van der Waals surface area contributed by atoms with E-state index in [4.69, 9.17) is 5.10 Å². The SMILES string of the molecule is Cc1ccccc1-n1nc(C(C)(C)C)c2c1N(CC(=O)NCc1ccccn1)C(=O)CS[C@@H]2c1cccc(F)c1. The van der Waals surface area contributed by atoms with Gasteiger partial charge in [0, 0.05) is 17.2 Å². The normalized spacial score (nSPS) is 15.5. The van der Waals surface area contributed by atoms with Gasteiger partial charge in [-0.1, -0.05) is 57.2 Å². The number of nitrogens with one attached hydrogen (secondary N) is 1. The number of aromatic nitrogens is 3. The maximum absolute atomic E-state index is 14.4. The fraction of sp³-hybridized carbons (Fsp3) is 0.290. The fourth-order valence-corrected chi connectivity index (χ4v) is 6.05. The van der Waals surface area contributed by atoms with Gasteiger partial charge in [0.2, 0.25) is 11.8 Å². The predicted molar refractivity (Wildman–Crippen MR) is 156 cm³/mol. The number of benzene rings is 2. The summed E-state index contributed by atoms with van der Waals surface area (Å²) >= 11 is 1.43. The van der Waals surface area contributed by atoms with Crippen molar-refractivity contribution in [1.82, 2.24) is 20.1 Å². The summed E-state index contributed by atoms with van der Waals surface area (Å²) in [5.41, 5.74) is 4.46. The number of carbonyl (C=O) groups is 2. The summed E-state index contributed by atoms with van der Waals surface area (Å²) in [7, 11) is 0. The quantitative estimate of drug-likeness (QED) is 0.339. The Morgan fingerprint density at radius 2 is 1.88 bits per heavy atom. The number of fused-ring (bicyclic) bond motifs is 1. The molecule has 0 unspecified atom stereocenters. The van der Waals surface area contributed by atoms with Crippen LogP contribution in [0.15, 0.2) is 72.9 Å². The van der Waals surface area contributed by atoms with E-state index < -0.39 is 5.41 Å². The van der Waals surface area contributed by atoms with E-state index in [2.05, 4.69) is 31.1 Å². The van der Waals surface area contributed by atoms with Gasteiger partial charge in [0.05, 0.1) is 34.6 Å². The van der Waals surface area contributed by atoms with Gasteiger partial charge in [-0.2, -0.15) is 5.10 Å². The van der Waals surface area contributed by atoms with Gasteiger partial charge in [-0.15, -0.1) is 11.8 Å². The molecule has 3 heterocycles. The largest absolute Gasteiger partial charge is 0.349 e. The number of anilines is 1. The zero-order valence-corrected chi connectivity index (χ0v) is 23.8. The number of hydrogen-bond donors (Lipinski definition) is 1. The molecule has 0 fully saturated rings. The number of thioether (sulfide) groups is 1. The molecule has 2 aromatic heterocycles. The van der Waals surface area contributed by atoms with Crippen LogP contribution in [0.25, 0.3) is 5.69 Å². The van der Waals surface area contributed by atoms with E-state index >= 15 is 0 Å². The maximum atomic E-state index is 14.4. The molecule has 2 aromatic carbocycles. The highest BCUT2D eigenvalue weighted by Gasteiger charge is 2.40. The molecule has 1 aliphatic heterocycles. The molecule has 0 bridgehead atoms. The van der Waals surface area contributed by atoms with Gasteiger partial charge in [0.25, 0.3) is 0 Å².